The van der Waals surface area contributed by atoms with Crippen molar-refractivity contribution in [3.63, 3.8) is 0 Å². The summed E-state index contributed by atoms with van der Waals surface area (Å²) in [6.45, 7) is 0. The molecule has 90 valence electrons. The van der Waals surface area contributed by atoms with Gasteiger partial charge in [-0.3, -0.25) is 0 Å². The van der Waals surface area contributed by atoms with Gasteiger partial charge in [-0.15, -0.1) is 0 Å². The highest BCUT2D eigenvalue weighted by atomic mass is 79.9. The zero-order valence-corrected chi connectivity index (χ0v) is 12.2. The molecule has 2 aromatic carbocycles. The molecule has 0 spiro atoms. The second-order valence-electron chi connectivity index (χ2n) is 3.77. The van der Waals surface area contributed by atoms with Crippen LogP contribution in [-0.2, 0) is 0 Å². The zero-order valence-electron chi connectivity index (χ0n) is 9.02. The lowest BCUT2D eigenvalue weighted by Gasteiger charge is -2.03. The third-order valence-electron chi connectivity index (χ3n) is 2.55. The van der Waals surface area contributed by atoms with E-state index >= 15 is 0 Å². The molecule has 0 bridgehead atoms. The fourth-order valence-corrected chi connectivity index (χ4v) is 2.94. The lowest BCUT2D eigenvalue weighted by atomic mass is 10.2. The molecule has 1 heterocycles. The van der Waals surface area contributed by atoms with Crippen LogP contribution in [0.2, 0.25) is 0 Å². The number of halogens is 2. The number of aromatic hydroxyl groups is 1. The Balaban J connectivity index is 2.26. The van der Waals surface area contributed by atoms with Crippen molar-refractivity contribution in [2.24, 2.45) is 0 Å². The number of benzene rings is 2. The molecular formula is C13H7Br2NO2. The first-order valence-electron chi connectivity index (χ1n) is 5.19. The molecule has 0 amide bonds. The normalized spacial score (nSPS) is 11.0. The number of hydrogen-bond acceptors (Lipinski definition) is 3. The van der Waals surface area contributed by atoms with Gasteiger partial charge in [-0.2, -0.15) is 0 Å². The molecule has 3 rings (SSSR count). The fourth-order valence-electron chi connectivity index (χ4n) is 1.72. The lowest BCUT2D eigenvalue weighted by Crippen LogP contribution is -1.81. The number of rotatable bonds is 1. The Kier molecular flexibility index (Phi) is 2.87. The number of phenols is 1. The van der Waals surface area contributed by atoms with E-state index in [0.29, 0.717) is 21.5 Å². The monoisotopic (exact) mass is 367 g/mol. The van der Waals surface area contributed by atoms with Crippen molar-refractivity contribution >= 4 is 43.0 Å². The van der Waals surface area contributed by atoms with Crippen LogP contribution in [0.3, 0.4) is 0 Å². The van der Waals surface area contributed by atoms with Gasteiger partial charge in [-0.1, -0.05) is 28.1 Å². The van der Waals surface area contributed by atoms with E-state index in [1.807, 2.05) is 24.3 Å². The summed E-state index contributed by atoms with van der Waals surface area (Å²) >= 11 is 6.67. The van der Waals surface area contributed by atoms with E-state index in [1.165, 1.54) is 0 Å². The number of aromatic nitrogens is 1. The summed E-state index contributed by atoms with van der Waals surface area (Å²) in [4.78, 5) is 4.36. The van der Waals surface area contributed by atoms with E-state index < -0.39 is 0 Å². The molecule has 1 aromatic heterocycles. The van der Waals surface area contributed by atoms with Crippen molar-refractivity contribution in [1.82, 2.24) is 4.98 Å². The van der Waals surface area contributed by atoms with Gasteiger partial charge in [0.2, 0.25) is 5.89 Å². The first-order valence-corrected chi connectivity index (χ1v) is 6.78. The summed E-state index contributed by atoms with van der Waals surface area (Å²) in [5, 5.41) is 10.0. The maximum absolute atomic E-state index is 10.0. The average molecular weight is 369 g/mol. The summed E-state index contributed by atoms with van der Waals surface area (Å²) in [6.07, 6.45) is 0. The Hall–Kier alpha value is -1.33. The van der Waals surface area contributed by atoms with Crippen molar-refractivity contribution in [3.8, 4) is 17.2 Å². The molecule has 0 fully saturated rings. The summed E-state index contributed by atoms with van der Waals surface area (Å²) in [5.74, 6) is 0.514. The second-order valence-corrected chi connectivity index (χ2v) is 5.54. The van der Waals surface area contributed by atoms with Gasteiger partial charge in [-0.25, -0.2) is 4.98 Å². The first kappa shape index (κ1) is 11.7. The largest absolute Gasteiger partial charge is 0.506 e. The fraction of sp³-hybridized carbons (Fsp3) is 0. The summed E-state index contributed by atoms with van der Waals surface area (Å²) < 4.78 is 7.06. The highest BCUT2D eigenvalue weighted by molar-refractivity contribution is 9.11. The molecule has 0 aliphatic rings. The summed E-state index contributed by atoms with van der Waals surface area (Å²) in [6, 6.07) is 11.0. The first-order chi connectivity index (χ1) is 8.65. The van der Waals surface area contributed by atoms with Gasteiger partial charge < -0.3 is 9.52 Å². The van der Waals surface area contributed by atoms with Gasteiger partial charge in [0.15, 0.2) is 5.58 Å². The van der Waals surface area contributed by atoms with Gasteiger partial charge in [0.25, 0.3) is 0 Å². The van der Waals surface area contributed by atoms with Crippen LogP contribution in [0.1, 0.15) is 0 Å². The van der Waals surface area contributed by atoms with Crippen molar-refractivity contribution in [2.75, 3.05) is 0 Å². The molecule has 1 N–H and O–H groups in total. The number of oxazole rings is 1. The molecule has 5 heteroatoms. The molecule has 0 saturated carbocycles. The van der Waals surface area contributed by atoms with Crippen LogP contribution in [0.25, 0.3) is 22.6 Å². The Labute approximate surface area is 120 Å². The van der Waals surface area contributed by atoms with E-state index in [0.717, 1.165) is 9.99 Å². The van der Waals surface area contributed by atoms with E-state index in [1.54, 1.807) is 12.1 Å². The highest BCUT2D eigenvalue weighted by Gasteiger charge is 2.15. The Morgan fingerprint density at radius 1 is 1.11 bits per heavy atom. The van der Waals surface area contributed by atoms with Crippen LogP contribution in [0.5, 0.6) is 5.75 Å². The third kappa shape index (κ3) is 1.93. The standard InChI is InChI=1S/C13H7Br2NO2/c14-7-5-8(12(17)9(15)6-7)13-16-10-3-1-2-4-11(10)18-13/h1-6,17H. The molecular weight excluding hydrogens is 362 g/mol. The average Bonchev–Trinajstić information content (AvgIpc) is 2.77. The predicted molar refractivity (Wildman–Crippen MR) is 76.5 cm³/mol. The van der Waals surface area contributed by atoms with E-state index in [4.69, 9.17) is 4.42 Å². The Bertz CT molecular complexity index is 704. The number of phenolic OH excluding ortho intramolecular Hbond substituents is 1. The Morgan fingerprint density at radius 2 is 1.89 bits per heavy atom. The number of para-hydroxylation sites is 2. The molecule has 0 saturated heterocycles. The van der Waals surface area contributed by atoms with Gasteiger partial charge in [0.1, 0.15) is 11.3 Å². The molecule has 0 radical (unpaired) electrons. The maximum Gasteiger partial charge on any atom is 0.231 e. The molecule has 0 atom stereocenters. The van der Waals surface area contributed by atoms with Crippen molar-refractivity contribution < 1.29 is 9.52 Å². The molecule has 0 unspecified atom stereocenters. The van der Waals surface area contributed by atoms with Crippen LogP contribution < -0.4 is 0 Å². The zero-order chi connectivity index (χ0) is 12.7. The van der Waals surface area contributed by atoms with Crippen molar-refractivity contribution in [2.45, 2.75) is 0 Å². The van der Waals surface area contributed by atoms with Gasteiger partial charge >= 0.3 is 0 Å². The molecule has 0 aliphatic heterocycles. The molecule has 0 aliphatic carbocycles. The van der Waals surface area contributed by atoms with Gasteiger partial charge in [0.05, 0.1) is 10.0 Å². The quantitative estimate of drug-likeness (QED) is 0.675. The smallest absolute Gasteiger partial charge is 0.231 e. The second kappa shape index (κ2) is 4.40. The minimum Gasteiger partial charge on any atom is -0.506 e. The summed E-state index contributed by atoms with van der Waals surface area (Å²) in [5.41, 5.74) is 2.01. The highest BCUT2D eigenvalue weighted by Crippen LogP contribution is 2.38. The van der Waals surface area contributed by atoms with E-state index in [9.17, 15) is 5.11 Å². The topological polar surface area (TPSA) is 46.3 Å². The number of fused-ring (bicyclic) bond motifs is 1. The minimum absolute atomic E-state index is 0.116. The van der Waals surface area contributed by atoms with E-state index in [2.05, 4.69) is 36.8 Å². The minimum atomic E-state index is 0.116. The van der Waals surface area contributed by atoms with Crippen LogP contribution in [0, 0.1) is 0 Å². The third-order valence-corrected chi connectivity index (χ3v) is 3.61. The number of nitrogens with zero attached hydrogens (tertiary/aromatic N) is 1. The Morgan fingerprint density at radius 3 is 2.67 bits per heavy atom. The number of hydrogen-bond donors (Lipinski definition) is 1. The van der Waals surface area contributed by atoms with Gasteiger partial charge in [-0.05, 0) is 40.2 Å². The summed E-state index contributed by atoms with van der Waals surface area (Å²) in [7, 11) is 0. The van der Waals surface area contributed by atoms with Crippen LogP contribution in [0.4, 0.5) is 0 Å². The van der Waals surface area contributed by atoms with Crippen molar-refractivity contribution in [1.29, 1.82) is 0 Å². The van der Waals surface area contributed by atoms with Gasteiger partial charge in [0, 0.05) is 4.47 Å². The molecule has 3 nitrogen and oxygen atoms in total. The van der Waals surface area contributed by atoms with Crippen LogP contribution in [0.15, 0.2) is 49.8 Å². The molecule has 18 heavy (non-hydrogen) atoms. The SMILES string of the molecule is Oc1c(Br)cc(Br)cc1-c1nc2ccccc2o1. The lowest BCUT2D eigenvalue weighted by molar-refractivity contribution is 0.470. The molecule has 3 aromatic rings. The van der Waals surface area contributed by atoms with Crippen LogP contribution in [-0.4, -0.2) is 10.1 Å². The predicted octanol–water partition coefficient (Wildman–Crippen LogP) is 4.73. The van der Waals surface area contributed by atoms with Crippen LogP contribution >= 0.6 is 31.9 Å². The van der Waals surface area contributed by atoms with Crippen molar-refractivity contribution in [3.05, 3.63) is 45.3 Å². The maximum atomic E-state index is 10.0. The van der Waals surface area contributed by atoms with E-state index in [-0.39, 0.29) is 5.75 Å².